The summed E-state index contributed by atoms with van der Waals surface area (Å²) in [5.41, 5.74) is 0.565. The lowest BCUT2D eigenvalue weighted by Crippen LogP contribution is -2.30. The van der Waals surface area contributed by atoms with E-state index in [1.54, 1.807) is 19.9 Å². The lowest BCUT2D eigenvalue weighted by molar-refractivity contribution is -0.385. The highest BCUT2D eigenvalue weighted by molar-refractivity contribution is 8.15. The minimum absolute atomic E-state index is 0.103. The van der Waals surface area contributed by atoms with Crippen molar-refractivity contribution < 1.29 is 24.2 Å². The molecule has 188 valence electrons. The molecule has 0 aromatic heterocycles. The van der Waals surface area contributed by atoms with Gasteiger partial charge in [0.15, 0.2) is 5.17 Å². The normalized spacial score (nSPS) is 16.8. The second kappa shape index (κ2) is 11.4. The number of nitro benzene ring substituents is 2. The van der Waals surface area contributed by atoms with Crippen LogP contribution in [-0.4, -0.2) is 56.5 Å². The lowest BCUT2D eigenvalue weighted by atomic mass is 10.1. The van der Waals surface area contributed by atoms with Gasteiger partial charge in [-0.05, 0) is 19.9 Å². The van der Waals surface area contributed by atoms with E-state index < -0.39 is 26.9 Å². The number of thioether (sulfide) groups is 1. The number of nitro groups is 2. The van der Waals surface area contributed by atoms with Crippen LogP contribution >= 0.6 is 11.8 Å². The first-order chi connectivity index (χ1) is 17.1. The zero-order chi connectivity index (χ0) is 26.4. The monoisotopic (exact) mass is 514 g/mol. The summed E-state index contributed by atoms with van der Waals surface area (Å²) < 4.78 is 5.15. The Morgan fingerprint density at radius 1 is 1.17 bits per heavy atom. The van der Waals surface area contributed by atoms with Crippen molar-refractivity contribution in [1.82, 2.24) is 5.01 Å². The van der Waals surface area contributed by atoms with Crippen molar-refractivity contribution in [2.45, 2.75) is 25.5 Å². The van der Waals surface area contributed by atoms with E-state index in [1.807, 2.05) is 0 Å². The van der Waals surface area contributed by atoms with Gasteiger partial charge in [0.2, 0.25) is 5.91 Å². The summed E-state index contributed by atoms with van der Waals surface area (Å²) in [4.78, 5) is 51.1. The van der Waals surface area contributed by atoms with Crippen LogP contribution in [0.15, 0.2) is 52.6 Å². The quantitative estimate of drug-likeness (QED) is 0.301. The average Bonchev–Trinajstić information content (AvgIpc) is 3.12. The molecule has 0 radical (unpaired) electrons. The molecule has 3 rings (SSSR count). The molecular weight excluding hydrogens is 492 g/mol. The highest BCUT2D eigenvalue weighted by Gasteiger charge is 2.39. The second-order valence-corrected chi connectivity index (χ2v) is 8.57. The molecule has 1 aliphatic heterocycles. The van der Waals surface area contributed by atoms with Gasteiger partial charge < -0.3 is 10.1 Å². The van der Waals surface area contributed by atoms with Crippen molar-refractivity contribution in [3.8, 4) is 5.75 Å². The lowest BCUT2D eigenvalue weighted by Gasteiger charge is -2.12. The number of anilines is 1. The molecule has 2 aromatic rings. The van der Waals surface area contributed by atoms with Crippen molar-refractivity contribution in [3.05, 3.63) is 68.3 Å². The third-order valence-electron chi connectivity index (χ3n) is 4.97. The topological polar surface area (TPSA) is 170 Å². The number of hydrogen-bond donors (Lipinski definition) is 1. The van der Waals surface area contributed by atoms with Crippen LogP contribution in [0.1, 0.15) is 25.8 Å². The third kappa shape index (κ3) is 6.02. The number of aliphatic imine (C=N–C) groups is 1. The molecule has 36 heavy (non-hydrogen) atoms. The Morgan fingerprint density at radius 2 is 1.86 bits per heavy atom. The van der Waals surface area contributed by atoms with Gasteiger partial charge >= 0.3 is 0 Å². The average molecular weight is 515 g/mol. The Morgan fingerprint density at radius 3 is 2.50 bits per heavy atom. The molecule has 14 heteroatoms. The second-order valence-electron chi connectivity index (χ2n) is 7.40. The number of non-ortho nitro benzene ring substituents is 2. The minimum Gasteiger partial charge on any atom is -0.495 e. The van der Waals surface area contributed by atoms with E-state index in [2.05, 4.69) is 15.4 Å². The molecule has 1 aliphatic rings. The van der Waals surface area contributed by atoms with Gasteiger partial charge in [-0.25, -0.2) is 0 Å². The SMILES string of the molecule is CCN=C1SC(CC(=O)Nc2cc([N+](=O)[O-])ccc2OC)C(=O)N1N=C(C)c1cccc([N+](=O)[O-])c1. The van der Waals surface area contributed by atoms with Crippen molar-refractivity contribution in [2.24, 2.45) is 10.1 Å². The Hall–Kier alpha value is -4.33. The van der Waals surface area contributed by atoms with Gasteiger partial charge in [0.1, 0.15) is 11.0 Å². The van der Waals surface area contributed by atoms with Crippen LogP contribution in [0.2, 0.25) is 0 Å². The highest BCUT2D eigenvalue weighted by atomic mass is 32.2. The minimum atomic E-state index is -0.846. The fourth-order valence-electron chi connectivity index (χ4n) is 3.25. The Balaban J connectivity index is 1.80. The first-order valence-electron chi connectivity index (χ1n) is 10.6. The van der Waals surface area contributed by atoms with Gasteiger partial charge in [-0.1, -0.05) is 23.9 Å². The van der Waals surface area contributed by atoms with Crippen LogP contribution in [0.25, 0.3) is 0 Å². The maximum atomic E-state index is 13.1. The van der Waals surface area contributed by atoms with Gasteiger partial charge in [-0.15, -0.1) is 0 Å². The molecule has 0 bridgehead atoms. The number of nitrogens with zero attached hydrogens (tertiary/aromatic N) is 5. The van der Waals surface area contributed by atoms with Gasteiger partial charge in [-0.2, -0.15) is 10.1 Å². The van der Waals surface area contributed by atoms with E-state index in [0.29, 0.717) is 17.8 Å². The molecule has 0 aliphatic carbocycles. The number of hydrogen-bond acceptors (Lipinski definition) is 10. The number of carbonyl (C=O) groups excluding carboxylic acids is 2. The van der Waals surface area contributed by atoms with E-state index in [9.17, 15) is 29.8 Å². The molecule has 0 saturated carbocycles. The summed E-state index contributed by atoms with van der Waals surface area (Å²) in [6, 6.07) is 9.63. The number of benzene rings is 2. The summed E-state index contributed by atoms with van der Waals surface area (Å²) in [7, 11) is 1.36. The summed E-state index contributed by atoms with van der Waals surface area (Å²) in [6.45, 7) is 3.75. The molecule has 2 amide bonds. The Bertz CT molecular complexity index is 1280. The van der Waals surface area contributed by atoms with Crippen molar-refractivity contribution in [3.63, 3.8) is 0 Å². The zero-order valence-corrected chi connectivity index (χ0v) is 20.4. The number of ether oxygens (including phenoxy) is 1. The van der Waals surface area contributed by atoms with Crippen LogP contribution in [0.4, 0.5) is 17.1 Å². The summed E-state index contributed by atoms with van der Waals surface area (Å²) in [6.07, 6.45) is -0.250. The predicted molar refractivity (Wildman–Crippen MR) is 134 cm³/mol. The summed E-state index contributed by atoms with van der Waals surface area (Å²) in [5, 5.41) is 29.6. The van der Waals surface area contributed by atoms with Crippen molar-refractivity contribution in [2.75, 3.05) is 19.0 Å². The number of hydrazone groups is 1. The molecule has 2 aromatic carbocycles. The van der Waals surface area contributed by atoms with E-state index in [4.69, 9.17) is 4.74 Å². The van der Waals surface area contributed by atoms with Crippen LogP contribution in [-0.2, 0) is 9.59 Å². The molecule has 1 fully saturated rings. The standard InChI is InChI=1S/C22H22N6O7S/c1-4-23-22-26(25-13(2)14-6-5-7-15(10-14)27(31)32)21(30)19(36-22)12-20(29)24-17-11-16(28(33)34)8-9-18(17)35-3/h5-11,19H,4,12H2,1-3H3,(H,24,29). The number of methoxy groups -OCH3 is 1. The van der Waals surface area contributed by atoms with Crippen LogP contribution in [0, 0.1) is 20.2 Å². The van der Waals surface area contributed by atoms with Gasteiger partial charge in [-0.3, -0.25) is 34.8 Å². The molecule has 1 unspecified atom stereocenters. The summed E-state index contributed by atoms with van der Waals surface area (Å²) >= 11 is 1.06. The van der Waals surface area contributed by atoms with E-state index in [-0.39, 0.29) is 34.4 Å². The number of amidine groups is 1. The summed E-state index contributed by atoms with van der Waals surface area (Å²) in [5.74, 6) is -0.818. The highest BCUT2D eigenvalue weighted by Crippen LogP contribution is 2.32. The van der Waals surface area contributed by atoms with Gasteiger partial charge in [0, 0.05) is 42.8 Å². The fraction of sp³-hybridized carbons (Fsp3) is 0.273. The largest absolute Gasteiger partial charge is 0.495 e. The first kappa shape index (κ1) is 26.3. The van der Waals surface area contributed by atoms with Gasteiger partial charge in [0.05, 0.1) is 28.4 Å². The Kier molecular flexibility index (Phi) is 8.32. The van der Waals surface area contributed by atoms with Gasteiger partial charge in [0.25, 0.3) is 17.3 Å². The predicted octanol–water partition coefficient (Wildman–Crippen LogP) is 3.58. The Labute approximate surface area is 209 Å². The number of nitrogens with one attached hydrogen (secondary N) is 1. The molecule has 13 nitrogen and oxygen atoms in total. The van der Waals surface area contributed by atoms with Crippen LogP contribution in [0.5, 0.6) is 5.75 Å². The molecule has 1 saturated heterocycles. The van der Waals surface area contributed by atoms with Crippen molar-refractivity contribution >= 4 is 51.5 Å². The molecule has 1 heterocycles. The maximum absolute atomic E-state index is 13.1. The number of carbonyl (C=O) groups is 2. The van der Waals surface area contributed by atoms with Crippen LogP contribution in [0.3, 0.4) is 0 Å². The third-order valence-corrected chi connectivity index (χ3v) is 6.14. The fourth-order valence-corrected chi connectivity index (χ4v) is 4.37. The first-order valence-corrected chi connectivity index (χ1v) is 11.5. The smallest absolute Gasteiger partial charge is 0.271 e. The number of rotatable bonds is 9. The molecular formula is C22H22N6O7S. The van der Waals surface area contributed by atoms with E-state index in [1.165, 1.54) is 43.5 Å². The van der Waals surface area contributed by atoms with Crippen LogP contribution < -0.4 is 10.1 Å². The maximum Gasteiger partial charge on any atom is 0.271 e. The molecule has 1 atom stereocenters. The van der Waals surface area contributed by atoms with Crippen molar-refractivity contribution in [1.29, 1.82) is 0 Å². The zero-order valence-electron chi connectivity index (χ0n) is 19.5. The number of amides is 2. The molecule has 0 spiro atoms. The van der Waals surface area contributed by atoms with E-state index in [0.717, 1.165) is 16.8 Å². The molecule has 1 N–H and O–H groups in total. The van der Waals surface area contributed by atoms with E-state index >= 15 is 0 Å².